The lowest BCUT2D eigenvalue weighted by Crippen LogP contribution is -2.44. The summed E-state index contributed by atoms with van der Waals surface area (Å²) in [4.78, 5) is 10.6. The van der Waals surface area contributed by atoms with Crippen LogP contribution in [0.5, 0.6) is 0 Å². The number of aryl methyl sites for hydroxylation is 1. The molecule has 1 aromatic rings. The van der Waals surface area contributed by atoms with Gasteiger partial charge in [-0.25, -0.2) is 4.39 Å². The monoisotopic (exact) mass is 224 g/mol. The van der Waals surface area contributed by atoms with Crippen molar-refractivity contribution in [3.8, 4) is 0 Å². The van der Waals surface area contributed by atoms with Crippen LogP contribution in [0.2, 0.25) is 0 Å². The number of aliphatic hydroxyl groups is 1. The van der Waals surface area contributed by atoms with Crippen molar-refractivity contribution >= 4 is 5.97 Å². The van der Waals surface area contributed by atoms with Gasteiger partial charge in [0.15, 0.2) is 0 Å². The normalized spacial score (nSPS) is 28.6. The Kier molecular flexibility index (Phi) is 2.46. The fourth-order valence-corrected chi connectivity index (χ4v) is 2.05. The molecule has 1 aliphatic rings. The molecule has 0 amide bonds. The second-order valence-electron chi connectivity index (χ2n) is 4.44. The minimum Gasteiger partial charge on any atom is -0.481 e. The smallest absolute Gasteiger partial charge is 0.306 e. The molecule has 86 valence electrons. The van der Waals surface area contributed by atoms with Gasteiger partial charge >= 0.3 is 5.97 Å². The molecule has 1 saturated carbocycles. The molecule has 2 rings (SSSR count). The fourth-order valence-electron chi connectivity index (χ4n) is 2.05. The maximum absolute atomic E-state index is 13.3. The Hall–Kier alpha value is -1.42. The van der Waals surface area contributed by atoms with Gasteiger partial charge in [0.1, 0.15) is 5.82 Å². The third-order valence-corrected chi connectivity index (χ3v) is 3.23. The number of hydrogen-bond donors (Lipinski definition) is 2. The highest BCUT2D eigenvalue weighted by Crippen LogP contribution is 2.45. The highest BCUT2D eigenvalue weighted by Gasteiger charge is 2.47. The summed E-state index contributed by atoms with van der Waals surface area (Å²) in [5.41, 5.74) is -0.188. The van der Waals surface area contributed by atoms with Gasteiger partial charge in [0, 0.05) is 0 Å². The molecule has 16 heavy (non-hydrogen) atoms. The van der Waals surface area contributed by atoms with Crippen molar-refractivity contribution in [2.24, 2.45) is 5.92 Å². The lowest BCUT2D eigenvalue weighted by atomic mass is 9.67. The highest BCUT2D eigenvalue weighted by molar-refractivity contribution is 5.71. The predicted molar refractivity (Wildman–Crippen MR) is 55.4 cm³/mol. The first-order valence-corrected chi connectivity index (χ1v) is 5.14. The second-order valence-corrected chi connectivity index (χ2v) is 4.44. The van der Waals surface area contributed by atoms with Crippen LogP contribution >= 0.6 is 0 Å². The summed E-state index contributed by atoms with van der Waals surface area (Å²) in [6, 6.07) is 4.53. The minimum atomic E-state index is -1.17. The van der Waals surface area contributed by atoms with Crippen LogP contribution in [0.1, 0.15) is 24.0 Å². The van der Waals surface area contributed by atoms with Gasteiger partial charge in [-0.2, -0.15) is 0 Å². The maximum Gasteiger partial charge on any atom is 0.306 e. The summed E-state index contributed by atoms with van der Waals surface area (Å²) >= 11 is 0. The van der Waals surface area contributed by atoms with E-state index in [0.29, 0.717) is 11.1 Å². The molecule has 2 N–H and O–H groups in total. The molecule has 0 radical (unpaired) electrons. The van der Waals surface area contributed by atoms with E-state index in [1.54, 1.807) is 19.1 Å². The van der Waals surface area contributed by atoms with Crippen LogP contribution in [0, 0.1) is 18.7 Å². The van der Waals surface area contributed by atoms with Crippen molar-refractivity contribution in [2.45, 2.75) is 25.4 Å². The number of aliphatic carboxylic acids is 1. The van der Waals surface area contributed by atoms with Gasteiger partial charge in [-0.1, -0.05) is 12.1 Å². The van der Waals surface area contributed by atoms with Gasteiger partial charge in [0.2, 0.25) is 0 Å². The van der Waals surface area contributed by atoms with Crippen molar-refractivity contribution in [1.29, 1.82) is 0 Å². The largest absolute Gasteiger partial charge is 0.481 e. The molecule has 0 aliphatic heterocycles. The molecule has 0 spiro atoms. The first kappa shape index (κ1) is 11.1. The maximum atomic E-state index is 13.3. The van der Waals surface area contributed by atoms with Crippen molar-refractivity contribution < 1.29 is 19.4 Å². The number of benzene rings is 1. The van der Waals surface area contributed by atoms with Gasteiger partial charge in [0.05, 0.1) is 11.5 Å². The average Bonchev–Trinajstić information content (AvgIpc) is 2.17. The van der Waals surface area contributed by atoms with Crippen molar-refractivity contribution in [3.05, 3.63) is 35.1 Å². The molecule has 0 unspecified atom stereocenters. The SMILES string of the molecule is Cc1ccc(C2(O)CC(C(=O)O)C2)cc1F. The van der Waals surface area contributed by atoms with Crippen LogP contribution in [0.15, 0.2) is 18.2 Å². The van der Waals surface area contributed by atoms with Crippen LogP contribution in [0.4, 0.5) is 4.39 Å². The predicted octanol–water partition coefficient (Wildman–Crippen LogP) is 1.82. The van der Waals surface area contributed by atoms with Crippen LogP contribution < -0.4 is 0 Å². The van der Waals surface area contributed by atoms with Crippen LogP contribution in [-0.4, -0.2) is 16.2 Å². The number of rotatable bonds is 2. The van der Waals surface area contributed by atoms with Crippen molar-refractivity contribution in [1.82, 2.24) is 0 Å². The molecule has 0 heterocycles. The molecule has 0 bridgehead atoms. The van der Waals surface area contributed by atoms with E-state index >= 15 is 0 Å². The van der Waals surface area contributed by atoms with Gasteiger partial charge in [-0.3, -0.25) is 4.79 Å². The molecule has 1 aliphatic carbocycles. The van der Waals surface area contributed by atoms with Crippen LogP contribution in [-0.2, 0) is 10.4 Å². The third-order valence-electron chi connectivity index (χ3n) is 3.23. The Morgan fingerprint density at radius 2 is 2.12 bits per heavy atom. The van der Waals surface area contributed by atoms with Gasteiger partial charge < -0.3 is 10.2 Å². The fraction of sp³-hybridized carbons (Fsp3) is 0.417. The van der Waals surface area contributed by atoms with E-state index in [-0.39, 0.29) is 18.7 Å². The molecule has 3 nitrogen and oxygen atoms in total. The van der Waals surface area contributed by atoms with E-state index in [0.717, 1.165) is 0 Å². The summed E-state index contributed by atoms with van der Waals surface area (Å²) in [5, 5.41) is 18.8. The molecular formula is C12H13FO3. The summed E-state index contributed by atoms with van der Waals surface area (Å²) in [6.45, 7) is 1.64. The number of carbonyl (C=O) groups is 1. The molecular weight excluding hydrogens is 211 g/mol. The molecule has 1 aromatic carbocycles. The first-order chi connectivity index (χ1) is 7.42. The van der Waals surface area contributed by atoms with E-state index in [9.17, 15) is 14.3 Å². The Labute approximate surface area is 92.5 Å². The number of halogens is 1. The number of hydrogen-bond acceptors (Lipinski definition) is 2. The lowest BCUT2D eigenvalue weighted by molar-refractivity contribution is -0.159. The summed E-state index contributed by atoms with van der Waals surface area (Å²) < 4.78 is 13.3. The van der Waals surface area contributed by atoms with Crippen molar-refractivity contribution in [2.75, 3.05) is 0 Å². The number of carboxylic acids is 1. The van der Waals surface area contributed by atoms with Crippen molar-refractivity contribution in [3.63, 3.8) is 0 Å². The Balaban J connectivity index is 2.20. The van der Waals surface area contributed by atoms with Crippen LogP contribution in [0.25, 0.3) is 0 Å². The third kappa shape index (κ3) is 1.69. The zero-order valence-electron chi connectivity index (χ0n) is 8.90. The molecule has 0 atom stereocenters. The van der Waals surface area contributed by atoms with Crippen LogP contribution in [0.3, 0.4) is 0 Å². The molecule has 0 saturated heterocycles. The topological polar surface area (TPSA) is 57.5 Å². The Morgan fingerprint density at radius 3 is 2.62 bits per heavy atom. The van der Waals surface area contributed by atoms with E-state index in [1.165, 1.54) is 6.07 Å². The summed E-state index contributed by atoms with van der Waals surface area (Å²) in [5.74, 6) is -1.80. The quantitative estimate of drug-likeness (QED) is 0.805. The van der Waals surface area contributed by atoms with E-state index in [4.69, 9.17) is 5.11 Å². The molecule has 0 aromatic heterocycles. The van der Waals surface area contributed by atoms with Gasteiger partial charge in [-0.15, -0.1) is 0 Å². The van der Waals surface area contributed by atoms with E-state index < -0.39 is 17.5 Å². The molecule has 1 fully saturated rings. The summed E-state index contributed by atoms with van der Waals surface area (Å²) in [7, 11) is 0. The van der Waals surface area contributed by atoms with Gasteiger partial charge in [-0.05, 0) is 37.0 Å². The van der Waals surface area contributed by atoms with E-state index in [2.05, 4.69) is 0 Å². The zero-order chi connectivity index (χ0) is 11.9. The molecule has 4 heteroatoms. The lowest BCUT2D eigenvalue weighted by Gasteiger charge is -2.41. The highest BCUT2D eigenvalue weighted by atomic mass is 19.1. The average molecular weight is 224 g/mol. The minimum absolute atomic E-state index is 0.158. The zero-order valence-corrected chi connectivity index (χ0v) is 8.90. The Morgan fingerprint density at radius 1 is 1.50 bits per heavy atom. The number of carboxylic acid groups (broad SMARTS) is 1. The second kappa shape index (κ2) is 3.56. The van der Waals surface area contributed by atoms with Gasteiger partial charge in [0.25, 0.3) is 0 Å². The Bertz CT molecular complexity index is 436. The standard InChI is InChI=1S/C12H13FO3/c1-7-2-3-9(4-10(7)13)12(16)5-8(6-12)11(14)15/h2-4,8,16H,5-6H2,1H3,(H,14,15). The van der Waals surface area contributed by atoms with E-state index in [1.807, 2.05) is 0 Å². The first-order valence-electron chi connectivity index (χ1n) is 5.14. The summed E-state index contributed by atoms with van der Waals surface area (Å²) in [6.07, 6.45) is 0.315.